The molecule has 8 heteroatoms. The number of anilines is 1. The van der Waals surface area contributed by atoms with Crippen molar-refractivity contribution in [3.8, 4) is 16.3 Å². The Morgan fingerprint density at radius 1 is 1.00 bits per heavy atom. The largest absolute Gasteiger partial charge is 0.497 e. The van der Waals surface area contributed by atoms with E-state index in [1.165, 1.54) is 11.3 Å². The minimum atomic E-state index is -0.676. The van der Waals surface area contributed by atoms with E-state index in [4.69, 9.17) is 4.74 Å². The third-order valence-electron chi connectivity index (χ3n) is 5.69. The molecule has 0 saturated heterocycles. The Labute approximate surface area is 198 Å². The van der Waals surface area contributed by atoms with Crippen molar-refractivity contribution in [2.24, 2.45) is 5.92 Å². The predicted octanol–water partition coefficient (Wildman–Crippen LogP) is 4.88. The van der Waals surface area contributed by atoms with Gasteiger partial charge in [0.05, 0.1) is 13.0 Å². The van der Waals surface area contributed by atoms with Crippen LogP contribution in [0.2, 0.25) is 0 Å². The van der Waals surface area contributed by atoms with E-state index < -0.39 is 6.04 Å². The fraction of sp³-hybridized carbons (Fsp3) is 0.360. The number of nitrogens with zero attached hydrogens (tertiary/aromatic N) is 2. The molecule has 2 N–H and O–H groups in total. The summed E-state index contributed by atoms with van der Waals surface area (Å²) in [7, 11) is 1.61. The Morgan fingerprint density at radius 3 is 2.42 bits per heavy atom. The fourth-order valence-electron chi connectivity index (χ4n) is 3.54. The van der Waals surface area contributed by atoms with Gasteiger partial charge < -0.3 is 10.1 Å². The molecule has 174 valence electrons. The fourth-order valence-corrected chi connectivity index (χ4v) is 4.29. The molecular formula is C25H30N4O3S. The van der Waals surface area contributed by atoms with Crippen LogP contribution in [-0.2, 0) is 9.59 Å². The van der Waals surface area contributed by atoms with Gasteiger partial charge >= 0.3 is 0 Å². The molecule has 0 aliphatic rings. The van der Waals surface area contributed by atoms with Crippen LogP contribution in [0.3, 0.4) is 0 Å². The number of ether oxygens (including phenoxy) is 1. The molecule has 3 atom stereocenters. The van der Waals surface area contributed by atoms with Crippen molar-refractivity contribution >= 4 is 28.3 Å². The first-order valence-corrected chi connectivity index (χ1v) is 11.9. The average Bonchev–Trinajstić information content (AvgIpc) is 3.31. The highest BCUT2D eigenvalue weighted by Crippen LogP contribution is 2.29. The molecule has 0 fully saturated rings. The van der Waals surface area contributed by atoms with Gasteiger partial charge in [-0.1, -0.05) is 81.0 Å². The van der Waals surface area contributed by atoms with Gasteiger partial charge in [0.1, 0.15) is 16.8 Å². The lowest BCUT2D eigenvalue weighted by Crippen LogP contribution is -2.49. The van der Waals surface area contributed by atoms with E-state index in [0.717, 1.165) is 23.3 Å². The molecule has 0 spiro atoms. The number of nitrogens with one attached hydrogen (secondary N) is 2. The second-order valence-electron chi connectivity index (χ2n) is 7.88. The van der Waals surface area contributed by atoms with Crippen LogP contribution < -0.4 is 15.4 Å². The molecule has 0 aliphatic heterocycles. The highest BCUT2D eigenvalue weighted by molar-refractivity contribution is 7.18. The third kappa shape index (κ3) is 6.16. The van der Waals surface area contributed by atoms with Crippen LogP contribution in [0.4, 0.5) is 5.13 Å². The molecule has 3 aromatic rings. The maximum Gasteiger partial charge on any atom is 0.249 e. The lowest BCUT2D eigenvalue weighted by Gasteiger charge is -2.25. The lowest BCUT2D eigenvalue weighted by atomic mass is 9.93. The Morgan fingerprint density at radius 2 is 1.76 bits per heavy atom. The first kappa shape index (κ1) is 24.4. The average molecular weight is 467 g/mol. The minimum Gasteiger partial charge on any atom is -0.497 e. The number of methoxy groups -OCH3 is 1. The highest BCUT2D eigenvalue weighted by atomic mass is 32.1. The molecule has 3 unspecified atom stereocenters. The van der Waals surface area contributed by atoms with Gasteiger partial charge in [0, 0.05) is 5.56 Å². The van der Waals surface area contributed by atoms with E-state index >= 15 is 0 Å². The Balaban J connectivity index is 1.73. The van der Waals surface area contributed by atoms with E-state index in [9.17, 15) is 9.59 Å². The van der Waals surface area contributed by atoms with Gasteiger partial charge in [0.2, 0.25) is 16.9 Å². The summed E-state index contributed by atoms with van der Waals surface area (Å²) in [5, 5.41) is 15.2. The number of hydrogen-bond acceptors (Lipinski definition) is 6. The molecule has 2 amide bonds. The van der Waals surface area contributed by atoms with Gasteiger partial charge in [-0.3, -0.25) is 14.9 Å². The Kier molecular flexibility index (Phi) is 8.54. The summed E-state index contributed by atoms with van der Waals surface area (Å²) in [6.07, 6.45) is 1.39. The van der Waals surface area contributed by atoms with Crippen molar-refractivity contribution in [3.05, 3.63) is 60.2 Å². The molecule has 1 heterocycles. The van der Waals surface area contributed by atoms with Crippen LogP contribution in [0.25, 0.3) is 10.6 Å². The van der Waals surface area contributed by atoms with Gasteiger partial charge in [0.15, 0.2) is 0 Å². The predicted molar refractivity (Wildman–Crippen MR) is 131 cm³/mol. The van der Waals surface area contributed by atoms with Crippen molar-refractivity contribution in [2.75, 3.05) is 12.4 Å². The van der Waals surface area contributed by atoms with Crippen molar-refractivity contribution in [1.82, 2.24) is 15.5 Å². The summed E-state index contributed by atoms with van der Waals surface area (Å²) in [6.45, 7) is 5.92. The quantitative estimate of drug-likeness (QED) is 0.444. The van der Waals surface area contributed by atoms with Gasteiger partial charge in [0.25, 0.3) is 0 Å². The van der Waals surface area contributed by atoms with E-state index in [0.29, 0.717) is 16.6 Å². The third-order valence-corrected chi connectivity index (χ3v) is 6.58. The molecule has 1 aromatic heterocycles. The topological polar surface area (TPSA) is 93.2 Å². The lowest BCUT2D eigenvalue weighted by molar-refractivity contribution is -0.128. The van der Waals surface area contributed by atoms with Crippen LogP contribution in [0.5, 0.6) is 5.75 Å². The highest BCUT2D eigenvalue weighted by Gasteiger charge is 2.29. The minimum absolute atomic E-state index is 0.0481. The van der Waals surface area contributed by atoms with E-state index in [1.807, 2.05) is 75.4 Å². The number of rotatable bonds is 10. The number of hydrogen-bond donors (Lipinski definition) is 2. The number of benzene rings is 2. The van der Waals surface area contributed by atoms with Crippen molar-refractivity contribution in [2.45, 2.75) is 45.6 Å². The van der Waals surface area contributed by atoms with E-state index in [-0.39, 0.29) is 23.7 Å². The first-order chi connectivity index (χ1) is 16.0. The Hall–Kier alpha value is -3.26. The van der Waals surface area contributed by atoms with Gasteiger partial charge in [-0.15, -0.1) is 10.2 Å². The van der Waals surface area contributed by atoms with Crippen LogP contribution >= 0.6 is 11.3 Å². The summed E-state index contributed by atoms with van der Waals surface area (Å²) in [4.78, 5) is 26.2. The smallest absolute Gasteiger partial charge is 0.249 e. The molecular weight excluding hydrogens is 436 g/mol. The maximum absolute atomic E-state index is 13.1. The second-order valence-corrected chi connectivity index (χ2v) is 8.85. The first-order valence-electron chi connectivity index (χ1n) is 11.1. The molecule has 0 radical (unpaired) electrons. The standard InChI is InChI=1S/C25H30N4O3S/c1-5-16(3)21(26-22(30)20(6-2)17-11-8-7-9-12-17)23(31)27-25-29-28-24(33-25)18-13-10-14-19(15-18)32-4/h7-16,20-21H,5-6H2,1-4H3,(H,26,30)(H,27,29,31). The molecule has 7 nitrogen and oxygen atoms in total. The Bertz CT molecular complexity index is 1070. The maximum atomic E-state index is 13.1. The number of aromatic nitrogens is 2. The SMILES string of the molecule is CCC(C(=O)NC(C(=O)Nc1nnc(-c2cccc(OC)c2)s1)C(C)CC)c1ccccc1. The normalized spacial score (nSPS) is 13.6. The van der Waals surface area contributed by atoms with Crippen molar-refractivity contribution < 1.29 is 14.3 Å². The number of carbonyl (C=O) groups is 2. The van der Waals surface area contributed by atoms with Crippen LogP contribution in [-0.4, -0.2) is 35.2 Å². The zero-order valence-corrected chi connectivity index (χ0v) is 20.2. The second kappa shape index (κ2) is 11.6. The van der Waals surface area contributed by atoms with Gasteiger partial charge in [-0.2, -0.15) is 0 Å². The zero-order chi connectivity index (χ0) is 23.8. The monoisotopic (exact) mass is 466 g/mol. The number of amides is 2. The summed E-state index contributed by atoms with van der Waals surface area (Å²) >= 11 is 1.27. The molecule has 0 saturated carbocycles. The van der Waals surface area contributed by atoms with Crippen molar-refractivity contribution in [1.29, 1.82) is 0 Å². The van der Waals surface area contributed by atoms with Gasteiger partial charge in [-0.05, 0) is 30.0 Å². The summed E-state index contributed by atoms with van der Waals surface area (Å²) in [6, 6.07) is 16.5. The van der Waals surface area contributed by atoms with Crippen molar-refractivity contribution in [3.63, 3.8) is 0 Å². The summed E-state index contributed by atoms with van der Waals surface area (Å²) in [5.74, 6) is -0.0936. The molecule has 2 aromatic carbocycles. The van der Waals surface area contributed by atoms with E-state index in [1.54, 1.807) is 7.11 Å². The van der Waals surface area contributed by atoms with Crippen LogP contribution in [0.15, 0.2) is 54.6 Å². The van der Waals surface area contributed by atoms with E-state index in [2.05, 4.69) is 20.8 Å². The van der Waals surface area contributed by atoms with Crippen LogP contribution in [0, 0.1) is 5.92 Å². The zero-order valence-electron chi connectivity index (χ0n) is 19.4. The van der Waals surface area contributed by atoms with Gasteiger partial charge in [-0.25, -0.2) is 0 Å². The summed E-state index contributed by atoms with van der Waals surface area (Å²) < 4.78 is 5.26. The molecule has 0 aliphatic carbocycles. The molecule has 0 bridgehead atoms. The number of carbonyl (C=O) groups excluding carboxylic acids is 2. The molecule has 33 heavy (non-hydrogen) atoms. The molecule has 3 rings (SSSR count). The van der Waals surface area contributed by atoms with Crippen LogP contribution in [0.1, 0.15) is 45.1 Å². The summed E-state index contributed by atoms with van der Waals surface area (Å²) in [5.41, 5.74) is 1.79.